The molecule has 1 atom stereocenters. The van der Waals surface area contributed by atoms with Crippen molar-refractivity contribution in [1.82, 2.24) is 5.32 Å². The van der Waals surface area contributed by atoms with Gasteiger partial charge in [-0.3, -0.25) is 4.79 Å². The van der Waals surface area contributed by atoms with Crippen LogP contribution < -0.4 is 5.32 Å². The summed E-state index contributed by atoms with van der Waals surface area (Å²) in [7, 11) is 0. The summed E-state index contributed by atoms with van der Waals surface area (Å²) in [5, 5.41) is 11.5. The number of hydrogen-bond acceptors (Lipinski definition) is 3. The van der Waals surface area contributed by atoms with Crippen LogP contribution in [0.3, 0.4) is 0 Å². The summed E-state index contributed by atoms with van der Waals surface area (Å²) in [5.74, 6) is -4.07. The second kappa shape index (κ2) is 8.08. The zero-order valence-corrected chi connectivity index (χ0v) is 13.2. The molecule has 1 aromatic rings. The van der Waals surface area contributed by atoms with Gasteiger partial charge in [0, 0.05) is 18.9 Å². The van der Waals surface area contributed by atoms with Crippen molar-refractivity contribution in [3.8, 4) is 0 Å². The molecule has 24 heavy (non-hydrogen) atoms. The molecule has 0 aliphatic heterocycles. The smallest absolute Gasteiger partial charge is 0.407 e. The summed E-state index contributed by atoms with van der Waals surface area (Å²) in [5.41, 5.74) is 0.805. The van der Waals surface area contributed by atoms with Crippen molar-refractivity contribution in [2.75, 3.05) is 0 Å². The van der Waals surface area contributed by atoms with E-state index < -0.39 is 24.0 Å². The SMILES string of the molecule is O=C(O)CC(NC(=O)OCc1ccccc1)C1CCC(F)(F)CC1. The van der Waals surface area contributed by atoms with E-state index in [1.165, 1.54) is 0 Å². The normalized spacial score (nSPS) is 18.6. The Kier molecular flexibility index (Phi) is 6.11. The molecule has 0 saturated heterocycles. The number of aliphatic carboxylic acids is 1. The highest BCUT2D eigenvalue weighted by Gasteiger charge is 2.38. The predicted molar refractivity (Wildman–Crippen MR) is 82.7 cm³/mol. The van der Waals surface area contributed by atoms with Gasteiger partial charge in [0.05, 0.1) is 6.42 Å². The second-order valence-electron chi connectivity index (χ2n) is 6.10. The van der Waals surface area contributed by atoms with Crippen LogP contribution in [0.15, 0.2) is 30.3 Å². The maximum Gasteiger partial charge on any atom is 0.407 e. The lowest BCUT2D eigenvalue weighted by atomic mass is 9.81. The molecule has 1 unspecified atom stereocenters. The van der Waals surface area contributed by atoms with Gasteiger partial charge < -0.3 is 15.2 Å². The van der Waals surface area contributed by atoms with Crippen LogP contribution in [0.5, 0.6) is 0 Å². The molecule has 132 valence electrons. The maximum absolute atomic E-state index is 13.2. The van der Waals surface area contributed by atoms with E-state index in [0.29, 0.717) is 0 Å². The van der Waals surface area contributed by atoms with Crippen LogP contribution in [0, 0.1) is 5.92 Å². The number of alkyl carbamates (subject to hydrolysis) is 1. The number of rotatable bonds is 6. The van der Waals surface area contributed by atoms with Crippen LogP contribution >= 0.6 is 0 Å². The lowest BCUT2D eigenvalue weighted by molar-refractivity contribution is -0.138. The number of benzene rings is 1. The zero-order valence-electron chi connectivity index (χ0n) is 13.2. The highest BCUT2D eigenvalue weighted by atomic mass is 19.3. The average molecular weight is 341 g/mol. The molecule has 1 aliphatic carbocycles. The van der Waals surface area contributed by atoms with Gasteiger partial charge in [-0.2, -0.15) is 0 Å². The van der Waals surface area contributed by atoms with Crippen molar-refractivity contribution in [2.24, 2.45) is 5.92 Å². The van der Waals surface area contributed by atoms with E-state index in [1.54, 1.807) is 12.1 Å². The van der Waals surface area contributed by atoms with E-state index in [0.717, 1.165) is 5.56 Å². The highest BCUT2D eigenvalue weighted by Crippen LogP contribution is 2.38. The molecule has 0 spiro atoms. The standard InChI is InChI=1S/C17H21F2NO4/c18-17(19)8-6-13(7-9-17)14(10-15(21)22)20-16(23)24-11-12-4-2-1-3-5-12/h1-5,13-14H,6-11H2,(H,20,23)(H,21,22). The topological polar surface area (TPSA) is 75.6 Å². The van der Waals surface area contributed by atoms with Crippen LogP contribution in [0.25, 0.3) is 0 Å². The molecular formula is C17H21F2NO4. The Balaban J connectivity index is 1.88. The van der Waals surface area contributed by atoms with E-state index in [9.17, 15) is 18.4 Å². The molecule has 1 aromatic carbocycles. The van der Waals surface area contributed by atoms with Crippen molar-refractivity contribution in [1.29, 1.82) is 0 Å². The Morgan fingerprint density at radius 1 is 1.25 bits per heavy atom. The molecule has 2 N–H and O–H groups in total. The van der Waals surface area contributed by atoms with E-state index in [1.807, 2.05) is 18.2 Å². The molecule has 0 bridgehead atoms. The summed E-state index contributed by atoms with van der Waals surface area (Å²) in [6.07, 6.45) is -1.24. The van der Waals surface area contributed by atoms with E-state index in [4.69, 9.17) is 9.84 Å². The number of nitrogens with one attached hydrogen (secondary N) is 1. The van der Waals surface area contributed by atoms with Crippen LogP contribution in [-0.2, 0) is 16.1 Å². The van der Waals surface area contributed by atoms with Gasteiger partial charge in [0.15, 0.2) is 0 Å². The minimum atomic E-state index is -2.70. The molecular weight excluding hydrogens is 320 g/mol. The number of carboxylic acids is 1. The lowest BCUT2D eigenvalue weighted by Crippen LogP contribution is -2.44. The Morgan fingerprint density at radius 3 is 2.46 bits per heavy atom. The monoisotopic (exact) mass is 341 g/mol. The van der Waals surface area contributed by atoms with Crippen molar-refractivity contribution in [3.05, 3.63) is 35.9 Å². The molecule has 1 fully saturated rings. The van der Waals surface area contributed by atoms with Gasteiger partial charge in [0.1, 0.15) is 6.61 Å². The number of carboxylic acid groups (broad SMARTS) is 1. The van der Waals surface area contributed by atoms with Gasteiger partial charge in [-0.25, -0.2) is 13.6 Å². The third kappa shape index (κ3) is 5.79. The summed E-state index contributed by atoms with van der Waals surface area (Å²) in [6.45, 7) is 0.0647. The third-order valence-electron chi connectivity index (χ3n) is 4.24. The fraction of sp³-hybridized carbons (Fsp3) is 0.529. The van der Waals surface area contributed by atoms with E-state index in [2.05, 4.69) is 5.32 Å². The number of halogens is 2. The largest absolute Gasteiger partial charge is 0.481 e. The van der Waals surface area contributed by atoms with Crippen LogP contribution in [-0.4, -0.2) is 29.1 Å². The summed E-state index contributed by atoms with van der Waals surface area (Å²) < 4.78 is 31.6. The number of alkyl halides is 2. The Labute approximate surface area is 139 Å². The summed E-state index contributed by atoms with van der Waals surface area (Å²) in [6, 6.07) is 8.35. The minimum Gasteiger partial charge on any atom is -0.481 e. The number of hydrogen-bond donors (Lipinski definition) is 2. The van der Waals surface area contributed by atoms with E-state index in [-0.39, 0.29) is 44.6 Å². The molecule has 0 aromatic heterocycles. The first-order valence-electron chi connectivity index (χ1n) is 7.92. The fourth-order valence-electron chi connectivity index (χ4n) is 2.90. The van der Waals surface area contributed by atoms with Gasteiger partial charge in [0.2, 0.25) is 5.92 Å². The first-order valence-corrected chi connectivity index (χ1v) is 7.92. The molecule has 1 amide bonds. The van der Waals surface area contributed by atoms with E-state index >= 15 is 0 Å². The first kappa shape index (κ1) is 18.2. The summed E-state index contributed by atoms with van der Waals surface area (Å²) >= 11 is 0. The molecule has 5 nitrogen and oxygen atoms in total. The first-order chi connectivity index (χ1) is 11.4. The quantitative estimate of drug-likeness (QED) is 0.829. The maximum atomic E-state index is 13.2. The molecule has 0 radical (unpaired) electrons. The Hall–Kier alpha value is -2.18. The van der Waals surface area contributed by atoms with Crippen molar-refractivity contribution >= 4 is 12.1 Å². The number of amides is 1. The van der Waals surface area contributed by atoms with Gasteiger partial charge >= 0.3 is 12.1 Å². The van der Waals surface area contributed by atoms with Gasteiger partial charge in [-0.05, 0) is 24.3 Å². The Bertz CT molecular complexity index is 555. The van der Waals surface area contributed by atoms with Crippen molar-refractivity contribution < 1.29 is 28.2 Å². The zero-order chi connectivity index (χ0) is 17.6. The fourth-order valence-corrected chi connectivity index (χ4v) is 2.90. The predicted octanol–water partition coefficient (Wildman–Crippen LogP) is 3.58. The van der Waals surface area contributed by atoms with Crippen LogP contribution in [0.4, 0.5) is 13.6 Å². The number of carbonyl (C=O) groups is 2. The van der Waals surface area contributed by atoms with Crippen LogP contribution in [0.1, 0.15) is 37.7 Å². The highest BCUT2D eigenvalue weighted by molar-refractivity contribution is 5.71. The van der Waals surface area contributed by atoms with Crippen LogP contribution in [0.2, 0.25) is 0 Å². The molecule has 1 saturated carbocycles. The average Bonchev–Trinajstić information content (AvgIpc) is 2.53. The Morgan fingerprint density at radius 2 is 1.88 bits per heavy atom. The van der Waals surface area contributed by atoms with Gasteiger partial charge in [-0.15, -0.1) is 0 Å². The molecule has 2 rings (SSSR count). The van der Waals surface area contributed by atoms with Crippen molar-refractivity contribution in [2.45, 2.75) is 50.7 Å². The molecule has 7 heteroatoms. The number of carbonyl (C=O) groups excluding carboxylic acids is 1. The van der Waals surface area contributed by atoms with Crippen molar-refractivity contribution in [3.63, 3.8) is 0 Å². The lowest BCUT2D eigenvalue weighted by Gasteiger charge is -2.33. The van der Waals surface area contributed by atoms with Gasteiger partial charge in [-0.1, -0.05) is 30.3 Å². The second-order valence-corrected chi connectivity index (χ2v) is 6.10. The third-order valence-corrected chi connectivity index (χ3v) is 4.24. The van der Waals surface area contributed by atoms with Gasteiger partial charge in [0.25, 0.3) is 0 Å². The molecule has 0 heterocycles. The molecule has 1 aliphatic rings. The summed E-state index contributed by atoms with van der Waals surface area (Å²) in [4.78, 5) is 22.9. The number of ether oxygens (including phenoxy) is 1. The minimum absolute atomic E-state index is 0.0647.